The van der Waals surface area contributed by atoms with Crippen LogP contribution in [0.3, 0.4) is 0 Å². The molecule has 94 valence electrons. The molecule has 2 aromatic rings. The number of hydrogen-bond acceptors (Lipinski definition) is 1. The average Bonchev–Trinajstić information content (AvgIpc) is 2.32. The summed E-state index contributed by atoms with van der Waals surface area (Å²) in [6.07, 6.45) is 0. The monoisotopic (exact) mass is 299 g/mol. The summed E-state index contributed by atoms with van der Waals surface area (Å²) in [5, 5.41) is 1.56. The summed E-state index contributed by atoms with van der Waals surface area (Å²) in [6.45, 7) is 1.87. The predicted molar refractivity (Wildman–Crippen MR) is 78.6 cm³/mol. The molecule has 0 saturated heterocycles. The van der Waals surface area contributed by atoms with Crippen molar-refractivity contribution in [2.24, 2.45) is 5.73 Å². The van der Waals surface area contributed by atoms with Crippen molar-refractivity contribution in [1.82, 2.24) is 0 Å². The van der Waals surface area contributed by atoms with Gasteiger partial charge < -0.3 is 5.73 Å². The van der Waals surface area contributed by atoms with Gasteiger partial charge in [-0.25, -0.2) is 0 Å². The largest absolute Gasteiger partial charge is 0.318 e. The number of hydrogen-bond donors (Lipinski definition) is 1. The van der Waals surface area contributed by atoms with E-state index in [2.05, 4.69) is 0 Å². The van der Waals surface area contributed by atoms with Gasteiger partial charge in [-0.1, -0.05) is 65.1 Å². The Labute approximate surface area is 121 Å². The predicted octanol–water partition coefficient (Wildman–Crippen LogP) is 4.87. The zero-order valence-electron chi connectivity index (χ0n) is 9.75. The molecule has 0 amide bonds. The molecule has 0 saturated carbocycles. The van der Waals surface area contributed by atoms with E-state index in [0.29, 0.717) is 15.1 Å². The molecule has 2 rings (SSSR count). The molecule has 1 atom stereocenters. The van der Waals surface area contributed by atoms with Crippen LogP contribution in [0.2, 0.25) is 15.1 Å². The van der Waals surface area contributed by atoms with Gasteiger partial charge in [0.05, 0.1) is 15.6 Å². The van der Waals surface area contributed by atoms with Crippen LogP contribution in [0.4, 0.5) is 0 Å². The second kappa shape index (κ2) is 5.10. The third kappa shape index (κ3) is 2.36. The van der Waals surface area contributed by atoms with E-state index < -0.39 is 5.54 Å². The van der Waals surface area contributed by atoms with Crippen molar-refractivity contribution in [3.05, 3.63) is 68.7 Å². The van der Waals surface area contributed by atoms with Crippen molar-refractivity contribution < 1.29 is 0 Å². The lowest BCUT2D eigenvalue weighted by molar-refractivity contribution is 0.603. The third-order valence-electron chi connectivity index (χ3n) is 2.94. The lowest BCUT2D eigenvalue weighted by Gasteiger charge is -2.28. The highest BCUT2D eigenvalue weighted by molar-refractivity contribution is 6.42. The van der Waals surface area contributed by atoms with E-state index in [1.54, 1.807) is 12.1 Å². The van der Waals surface area contributed by atoms with Gasteiger partial charge in [-0.2, -0.15) is 0 Å². The first-order chi connectivity index (χ1) is 8.44. The van der Waals surface area contributed by atoms with E-state index in [1.807, 2.05) is 37.3 Å². The van der Waals surface area contributed by atoms with Crippen LogP contribution in [0, 0.1) is 0 Å². The molecule has 0 aromatic heterocycles. The van der Waals surface area contributed by atoms with Crippen LogP contribution < -0.4 is 5.73 Å². The topological polar surface area (TPSA) is 26.0 Å². The summed E-state index contributed by atoms with van der Waals surface area (Å²) in [5.41, 5.74) is 7.18. The van der Waals surface area contributed by atoms with Gasteiger partial charge in [-0.15, -0.1) is 0 Å². The molecule has 18 heavy (non-hydrogen) atoms. The van der Waals surface area contributed by atoms with E-state index in [4.69, 9.17) is 40.5 Å². The second-order valence-corrected chi connectivity index (χ2v) is 5.48. The Balaban J connectivity index is 2.62. The highest BCUT2D eigenvalue weighted by atomic mass is 35.5. The first kappa shape index (κ1) is 13.7. The molecule has 2 N–H and O–H groups in total. The van der Waals surface area contributed by atoms with Crippen LogP contribution >= 0.6 is 34.8 Å². The zero-order valence-corrected chi connectivity index (χ0v) is 12.0. The van der Waals surface area contributed by atoms with E-state index in [1.165, 1.54) is 0 Å². The Morgan fingerprint density at radius 3 is 2.06 bits per heavy atom. The Morgan fingerprint density at radius 2 is 1.39 bits per heavy atom. The lowest BCUT2D eigenvalue weighted by atomic mass is 9.85. The summed E-state index contributed by atoms with van der Waals surface area (Å²) in [6, 6.07) is 12.9. The van der Waals surface area contributed by atoms with Gasteiger partial charge in [0.2, 0.25) is 0 Å². The molecule has 0 bridgehead atoms. The Bertz CT molecular complexity index is 579. The maximum atomic E-state index is 6.40. The zero-order chi connectivity index (χ0) is 13.3. The number of nitrogens with two attached hydrogens (primary N) is 1. The van der Waals surface area contributed by atoms with Crippen molar-refractivity contribution in [3.63, 3.8) is 0 Å². The first-order valence-corrected chi connectivity index (χ1v) is 6.56. The van der Waals surface area contributed by atoms with Gasteiger partial charge in [0, 0.05) is 5.02 Å². The SMILES string of the molecule is CC(N)(c1ccccc1Cl)c1cccc(Cl)c1Cl. The maximum Gasteiger partial charge on any atom is 0.0666 e. The van der Waals surface area contributed by atoms with Crippen LogP contribution in [0.1, 0.15) is 18.1 Å². The molecule has 1 nitrogen and oxygen atoms in total. The average molecular weight is 301 g/mol. The normalized spacial score (nSPS) is 14.3. The van der Waals surface area contributed by atoms with Gasteiger partial charge in [0.15, 0.2) is 0 Å². The lowest BCUT2D eigenvalue weighted by Crippen LogP contribution is -2.35. The number of halogens is 3. The van der Waals surface area contributed by atoms with Gasteiger partial charge >= 0.3 is 0 Å². The molecular formula is C14H12Cl3N. The fraction of sp³-hybridized carbons (Fsp3) is 0.143. The summed E-state index contributed by atoms with van der Waals surface area (Å²) in [7, 11) is 0. The van der Waals surface area contributed by atoms with Crippen LogP contribution in [-0.2, 0) is 5.54 Å². The summed E-state index contributed by atoms with van der Waals surface area (Å²) in [5.74, 6) is 0. The highest BCUT2D eigenvalue weighted by Gasteiger charge is 2.28. The molecule has 0 heterocycles. The number of rotatable bonds is 2. The van der Waals surface area contributed by atoms with E-state index in [9.17, 15) is 0 Å². The van der Waals surface area contributed by atoms with Crippen molar-refractivity contribution in [2.45, 2.75) is 12.5 Å². The first-order valence-electron chi connectivity index (χ1n) is 5.43. The standard InChI is InChI=1S/C14H12Cl3N/c1-14(18,9-5-2-3-7-11(9)15)10-6-4-8-12(16)13(10)17/h2-8H,18H2,1H3. The third-order valence-corrected chi connectivity index (χ3v) is 4.09. The van der Waals surface area contributed by atoms with Crippen LogP contribution in [0.15, 0.2) is 42.5 Å². The van der Waals surface area contributed by atoms with Crippen molar-refractivity contribution in [2.75, 3.05) is 0 Å². The summed E-state index contributed by atoms with van der Waals surface area (Å²) >= 11 is 18.4. The summed E-state index contributed by atoms with van der Waals surface area (Å²) < 4.78 is 0. The van der Waals surface area contributed by atoms with Crippen molar-refractivity contribution in [1.29, 1.82) is 0 Å². The van der Waals surface area contributed by atoms with Gasteiger partial charge in [0.1, 0.15) is 0 Å². The van der Waals surface area contributed by atoms with Gasteiger partial charge in [-0.3, -0.25) is 0 Å². The molecule has 2 aromatic carbocycles. The molecular weight excluding hydrogens is 289 g/mol. The van der Waals surface area contributed by atoms with Crippen molar-refractivity contribution >= 4 is 34.8 Å². The molecule has 0 aliphatic rings. The fourth-order valence-electron chi connectivity index (χ4n) is 1.93. The number of benzene rings is 2. The van der Waals surface area contributed by atoms with Gasteiger partial charge in [-0.05, 0) is 30.2 Å². The minimum Gasteiger partial charge on any atom is -0.318 e. The molecule has 0 aliphatic heterocycles. The van der Waals surface area contributed by atoms with Crippen LogP contribution in [0.5, 0.6) is 0 Å². The van der Waals surface area contributed by atoms with E-state index >= 15 is 0 Å². The van der Waals surface area contributed by atoms with E-state index in [0.717, 1.165) is 11.1 Å². The molecule has 0 radical (unpaired) electrons. The highest BCUT2D eigenvalue weighted by Crippen LogP contribution is 2.37. The summed E-state index contributed by atoms with van der Waals surface area (Å²) in [4.78, 5) is 0. The van der Waals surface area contributed by atoms with Crippen LogP contribution in [-0.4, -0.2) is 0 Å². The Hall–Kier alpha value is -0.730. The molecule has 4 heteroatoms. The minimum atomic E-state index is -0.791. The molecule has 1 unspecified atom stereocenters. The molecule has 0 fully saturated rings. The Morgan fingerprint density at radius 1 is 0.833 bits per heavy atom. The Kier molecular flexibility index (Phi) is 3.88. The second-order valence-electron chi connectivity index (χ2n) is 4.28. The molecule has 0 spiro atoms. The van der Waals surface area contributed by atoms with Gasteiger partial charge in [0.25, 0.3) is 0 Å². The maximum absolute atomic E-state index is 6.40. The minimum absolute atomic E-state index is 0.462. The van der Waals surface area contributed by atoms with Crippen LogP contribution in [0.25, 0.3) is 0 Å². The fourth-order valence-corrected chi connectivity index (χ4v) is 2.76. The quantitative estimate of drug-likeness (QED) is 0.841. The van der Waals surface area contributed by atoms with E-state index in [-0.39, 0.29) is 0 Å². The smallest absolute Gasteiger partial charge is 0.0666 e. The molecule has 0 aliphatic carbocycles. The van der Waals surface area contributed by atoms with Crippen molar-refractivity contribution in [3.8, 4) is 0 Å².